The van der Waals surface area contributed by atoms with E-state index in [4.69, 9.17) is 14.4 Å². The lowest BCUT2D eigenvalue weighted by atomic mass is 9.97. The maximum atomic E-state index is 6.88. The van der Waals surface area contributed by atoms with Crippen LogP contribution in [-0.4, -0.2) is 14.5 Å². The third-order valence-corrected chi connectivity index (χ3v) is 11.8. The van der Waals surface area contributed by atoms with Crippen LogP contribution in [0.2, 0.25) is 0 Å². The number of furan rings is 1. The SMILES string of the molecule is CCc1c(-c2ccccc2)nc(-c2ccccc2)nc1-c1ccc(-n2c3ccccc3c3c4sc5ccccc5c4c4c5ccccc5oc4c32)cc1. The van der Waals surface area contributed by atoms with E-state index >= 15 is 0 Å². The van der Waals surface area contributed by atoms with Crippen molar-refractivity contribution in [1.29, 1.82) is 0 Å². The van der Waals surface area contributed by atoms with E-state index in [1.807, 2.05) is 35.6 Å². The van der Waals surface area contributed by atoms with E-state index < -0.39 is 0 Å². The van der Waals surface area contributed by atoms with Crippen LogP contribution in [0.15, 0.2) is 162 Å². The summed E-state index contributed by atoms with van der Waals surface area (Å²) >= 11 is 1.87. The highest BCUT2D eigenvalue weighted by atomic mass is 32.1. The van der Waals surface area contributed by atoms with Crippen molar-refractivity contribution < 1.29 is 4.42 Å². The Morgan fingerprint density at radius 1 is 0.547 bits per heavy atom. The predicted molar refractivity (Wildman–Crippen MR) is 222 cm³/mol. The van der Waals surface area contributed by atoms with Gasteiger partial charge in [-0.15, -0.1) is 11.3 Å². The average molecular weight is 698 g/mol. The molecule has 53 heavy (non-hydrogen) atoms. The lowest BCUT2D eigenvalue weighted by molar-refractivity contribution is 0.671. The maximum Gasteiger partial charge on any atom is 0.160 e. The van der Waals surface area contributed by atoms with Gasteiger partial charge in [0, 0.05) is 69.7 Å². The largest absolute Gasteiger partial charge is 0.454 e. The summed E-state index contributed by atoms with van der Waals surface area (Å²) in [5.41, 5.74) is 11.4. The molecule has 0 spiro atoms. The lowest BCUT2D eigenvalue weighted by Gasteiger charge is -2.16. The number of hydrogen-bond donors (Lipinski definition) is 0. The highest BCUT2D eigenvalue weighted by Crippen LogP contribution is 2.50. The van der Waals surface area contributed by atoms with Gasteiger partial charge in [-0.05, 0) is 36.8 Å². The Morgan fingerprint density at radius 2 is 1.15 bits per heavy atom. The summed E-state index contributed by atoms with van der Waals surface area (Å²) in [7, 11) is 0. The molecule has 250 valence electrons. The van der Waals surface area contributed by atoms with Crippen LogP contribution in [0.1, 0.15) is 12.5 Å². The van der Waals surface area contributed by atoms with Crippen molar-refractivity contribution in [2.45, 2.75) is 13.3 Å². The third-order valence-electron chi connectivity index (χ3n) is 10.6. The molecule has 0 saturated carbocycles. The van der Waals surface area contributed by atoms with Crippen LogP contribution in [0, 0.1) is 0 Å². The van der Waals surface area contributed by atoms with E-state index in [1.165, 1.54) is 36.3 Å². The Bertz CT molecular complexity index is 3190. The minimum Gasteiger partial charge on any atom is -0.454 e. The highest BCUT2D eigenvalue weighted by Gasteiger charge is 2.25. The summed E-state index contributed by atoms with van der Waals surface area (Å²) in [5, 5.41) is 7.32. The summed E-state index contributed by atoms with van der Waals surface area (Å²) in [4.78, 5) is 10.4. The first-order valence-electron chi connectivity index (χ1n) is 18.1. The number of benzene rings is 7. The van der Waals surface area contributed by atoms with Gasteiger partial charge in [0.15, 0.2) is 11.4 Å². The number of nitrogens with zero attached hydrogens (tertiary/aromatic N) is 3. The first kappa shape index (κ1) is 30.1. The topological polar surface area (TPSA) is 43.9 Å². The fourth-order valence-corrected chi connectivity index (χ4v) is 9.53. The van der Waals surface area contributed by atoms with E-state index in [-0.39, 0.29) is 0 Å². The Balaban J connectivity index is 1.19. The first-order chi connectivity index (χ1) is 26.3. The smallest absolute Gasteiger partial charge is 0.160 e. The Morgan fingerprint density at radius 3 is 1.89 bits per heavy atom. The van der Waals surface area contributed by atoms with Gasteiger partial charge in [-0.1, -0.05) is 134 Å². The molecule has 5 heteroatoms. The third kappa shape index (κ3) is 4.47. The van der Waals surface area contributed by atoms with Crippen LogP contribution >= 0.6 is 11.3 Å². The average Bonchev–Trinajstić information content (AvgIpc) is 3.91. The molecule has 11 aromatic rings. The van der Waals surface area contributed by atoms with Crippen LogP contribution in [0.25, 0.3) is 104 Å². The molecule has 4 heterocycles. The van der Waals surface area contributed by atoms with Gasteiger partial charge in [0.2, 0.25) is 0 Å². The number of thiophene rings is 1. The zero-order valence-corrected chi connectivity index (χ0v) is 29.7. The van der Waals surface area contributed by atoms with Gasteiger partial charge in [0.05, 0.1) is 22.4 Å². The Hall–Kier alpha value is -6.56. The molecule has 11 rings (SSSR count). The monoisotopic (exact) mass is 697 g/mol. The second kappa shape index (κ2) is 11.7. The minimum atomic E-state index is 0.725. The molecule has 0 saturated heterocycles. The maximum absolute atomic E-state index is 6.88. The number of hydrogen-bond acceptors (Lipinski definition) is 4. The Kier molecular flexibility index (Phi) is 6.67. The van der Waals surface area contributed by atoms with Gasteiger partial charge in [-0.2, -0.15) is 0 Å². The zero-order valence-electron chi connectivity index (χ0n) is 28.9. The molecular weight excluding hydrogens is 667 g/mol. The molecule has 4 nitrogen and oxygen atoms in total. The van der Waals surface area contributed by atoms with Gasteiger partial charge < -0.3 is 8.98 Å². The molecule has 0 bridgehead atoms. The summed E-state index contributed by atoms with van der Waals surface area (Å²) < 4.78 is 11.9. The summed E-state index contributed by atoms with van der Waals surface area (Å²) in [6, 6.07) is 55.6. The van der Waals surface area contributed by atoms with Crippen LogP contribution in [-0.2, 0) is 6.42 Å². The number of aromatic nitrogens is 3. The second-order valence-corrected chi connectivity index (χ2v) is 14.6. The molecule has 0 radical (unpaired) electrons. The van der Waals surface area contributed by atoms with Crippen molar-refractivity contribution in [2.75, 3.05) is 0 Å². The van der Waals surface area contributed by atoms with Gasteiger partial charge >= 0.3 is 0 Å². The van der Waals surface area contributed by atoms with Crippen molar-refractivity contribution in [2.24, 2.45) is 0 Å². The quantitative estimate of drug-likeness (QED) is 0.180. The van der Waals surface area contributed by atoms with E-state index in [9.17, 15) is 0 Å². The second-order valence-electron chi connectivity index (χ2n) is 13.5. The highest BCUT2D eigenvalue weighted by molar-refractivity contribution is 7.27. The molecule has 4 aromatic heterocycles. The van der Waals surface area contributed by atoms with E-state index in [0.29, 0.717) is 0 Å². The molecule has 0 unspecified atom stereocenters. The lowest BCUT2D eigenvalue weighted by Crippen LogP contribution is -2.03. The van der Waals surface area contributed by atoms with Crippen LogP contribution in [0.5, 0.6) is 0 Å². The summed E-state index contributed by atoms with van der Waals surface area (Å²) in [6.07, 6.45) is 0.804. The molecule has 0 N–H and O–H groups in total. The summed E-state index contributed by atoms with van der Waals surface area (Å²) in [5.74, 6) is 0.725. The molecule has 0 fully saturated rings. The zero-order chi connectivity index (χ0) is 35.0. The fraction of sp³-hybridized carbons (Fsp3) is 0.0417. The van der Waals surface area contributed by atoms with Crippen molar-refractivity contribution in [3.8, 4) is 39.6 Å². The van der Waals surface area contributed by atoms with Crippen LogP contribution in [0.3, 0.4) is 0 Å². The van der Waals surface area contributed by atoms with Crippen molar-refractivity contribution >= 4 is 75.3 Å². The molecule has 7 aromatic carbocycles. The molecule has 0 amide bonds. The minimum absolute atomic E-state index is 0.725. The van der Waals surface area contributed by atoms with E-state index in [2.05, 4.69) is 145 Å². The van der Waals surface area contributed by atoms with Crippen LogP contribution < -0.4 is 0 Å². The molecule has 0 aliphatic heterocycles. The van der Waals surface area contributed by atoms with Gasteiger partial charge in [0.25, 0.3) is 0 Å². The van der Waals surface area contributed by atoms with Crippen molar-refractivity contribution in [1.82, 2.24) is 14.5 Å². The van der Waals surface area contributed by atoms with Crippen molar-refractivity contribution in [3.63, 3.8) is 0 Å². The summed E-state index contributed by atoms with van der Waals surface area (Å²) in [6.45, 7) is 2.19. The van der Waals surface area contributed by atoms with Gasteiger partial charge in [-0.3, -0.25) is 0 Å². The number of fused-ring (bicyclic) bond motifs is 12. The predicted octanol–water partition coefficient (Wildman–Crippen LogP) is 13.4. The van der Waals surface area contributed by atoms with Gasteiger partial charge in [0.1, 0.15) is 5.58 Å². The Labute approximate surface area is 309 Å². The fourth-order valence-electron chi connectivity index (χ4n) is 8.26. The normalized spacial score (nSPS) is 11.9. The first-order valence-corrected chi connectivity index (χ1v) is 18.9. The van der Waals surface area contributed by atoms with Crippen LogP contribution in [0.4, 0.5) is 0 Å². The molecule has 0 aliphatic carbocycles. The standard InChI is InChI=1S/C48H31N3OS/c1-2-33-43(29-15-5-3-6-16-29)49-48(31-17-7-4-8-18-31)50-44(33)30-25-27-32(28-26-30)51-37-22-12-9-19-34(37)42-45(51)46-40(35-20-10-13-23-38(35)52-46)41-36-21-11-14-24-39(36)53-47(41)42/h3-28H,2H2,1H3. The number of rotatable bonds is 5. The van der Waals surface area contributed by atoms with E-state index in [1.54, 1.807) is 0 Å². The van der Waals surface area contributed by atoms with Gasteiger partial charge in [-0.25, -0.2) is 9.97 Å². The van der Waals surface area contributed by atoms with E-state index in [0.717, 1.165) is 79.2 Å². The molecular formula is C48H31N3OS. The van der Waals surface area contributed by atoms with Crippen molar-refractivity contribution in [3.05, 3.63) is 163 Å². The molecule has 0 aliphatic rings. The molecule has 0 atom stereocenters. The number of para-hydroxylation sites is 2.